The summed E-state index contributed by atoms with van der Waals surface area (Å²) in [6.45, 7) is 1.65. The number of ether oxygens (including phenoxy) is 2. The topological polar surface area (TPSA) is 102 Å². The summed E-state index contributed by atoms with van der Waals surface area (Å²) in [4.78, 5) is 16.8. The van der Waals surface area contributed by atoms with E-state index in [1.165, 1.54) is 20.4 Å². The third-order valence-corrected chi connectivity index (χ3v) is 6.92. The number of piperidine rings is 1. The van der Waals surface area contributed by atoms with E-state index in [0.717, 1.165) is 24.1 Å². The summed E-state index contributed by atoms with van der Waals surface area (Å²) < 4.78 is 53.9. The minimum absolute atomic E-state index is 0. The average molecular weight is 603 g/mol. The molecule has 1 fully saturated rings. The maximum absolute atomic E-state index is 14.1. The Kier molecular flexibility index (Phi) is 10.1. The number of fused-ring (bicyclic) bond motifs is 1. The van der Waals surface area contributed by atoms with E-state index in [2.05, 4.69) is 26.0 Å². The van der Waals surface area contributed by atoms with Crippen molar-refractivity contribution in [3.63, 3.8) is 0 Å². The number of halogens is 5. The molecular formula is C26H31Cl2F3N6O3. The number of hydrogen-bond acceptors (Lipinski definition) is 7. The first kappa shape index (κ1) is 31.3. The molecule has 9 nitrogen and oxygen atoms in total. The van der Waals surface area contributed by atoms with Crippen LogP contribution in [0.15, 0.2) is 42.6 Å². The van der Waals surface area contributed by atoms with Gasteiger partial charge in [-0.05, 0) is 49.2 Å². The second-order valence-corrected chi connectivity index (χ2v) is 9.41. The van der Waals surface area contributed by atoms with Crippen LogP contribution in [0.1, 0.15) is 47.4 Å². The molecule has 3 N–H and O–H groups in total. The lowest BCUT2D eigenvalue weighted by molar-refractivity contribution is -0.173. The van der Waals surface area contributed by atoms with Crippen molar-refractivity contribution in [2.24, 2.45) is 0 Å². The Balaban J connectivity index is 0.00000220. The SMILES string of the molecule is COc1ccc(C2CC(C(F)(F)F)n3nc(-c4ccc(C(=O)N[C@@H]5CCCNC5)nc4)cc3N2)cc1OC.Cl.Cl. The number of alkyl halides is 3. The predicted octanol–water partition coefficient (Wildman–Crippen LogP) is 4.95. The maximum Gasteiger partial charge on any atom is 0.410 e. The summed E-state index contributed by atoms with van der Waals surface area (Å²) in [5.41, 5.74) is 1.71. The molecule has 3 aromatic rings. The second kappa shape index (κ2) is 13.0. The summed E-state index contributed by atoms with van der Waals surface area (Å²) in [5, 5.41) is 13.6. The fraction of sp³-hybridized carbons (Fsp3) is 0.423. The van der Waals surface area contributed by atoms with Crippen LogP contribution in [0.25, 0.3) is 11.3 Å². The van der Waals surface area contributed by atoms with Crippen LogP contribution < -0.4 is 25.4 Å². The molecule has 0 saturated carbocycles. The first-order chi connectivity index (χ1) is 18.3. The van der Waals surface area contributed by atoms with Gasteiger partial charge >= 0.3 is 6.18 Å². The number of benzene rings is 1. The molecule has 0 bridgehead atoms. The monoisotopic (exact) mass is 602 g/mol. The van der Waals surface area contributed by atoms with Crippen LogP contribution in [0.3, 0.4) is 0 Å². The van der Waals surface area contributed by atoms with Gasteiger partial charge < -0.3 is 25.4 Å². The van der Waals surface area contributed by atoms with Gasteiger partial charge in [-0.15, -0.1) is 24.8 Å². The first-order valence-electron chi connectivity index (χ1n) is 12.4. The highest BCUT2D eigenvalue weighted by atomic mass is 35.5. The highest BCUT2D eigenvalue weighted by Crippen LogP contribution is 2.45. The van der Waals surface area contributed by atoms with Crippen LogP contribution in [0.4, 0.5) is 19.0 Å². The highest BCUT2D eigenvalue weighted by molar-refractivity contribution is 5.92. The fourth-order valence-corrected chi connectivity index (χ4v) is 4.92. The third-order valence-electron chi connectivity index (χ3n) is 6.92. The number of hydrogen-bond donors (Lipinski definition) is 3. The van der Waals surface area contributed by atoms with Gasteiger partial charge in [0.2, 0.25) is 0 Å². The number of aromatic nitrogens is 3. The molecule has 1 amide bonds. The van der Waals surface area contributed by atoms with Gasteiger partial charge in [0.1, 0.15) is 11.5 Å². The zero-order valence-electron chi connectivity index (χ0n) is 21.8. The summed E-state index contributed by atoms with van der Waals surface area (Å²) in [7, 11) is 2.98. The van der Waals surface area contributed by atoms with E-state index >= 15 is 0 Å². The molecule has 40 heavy (non-hydrogen) atoms. The summed E-state index contributed by atoms with van der Waals surface area (Å²) >= 11 is 0. The average Bonchev–Trinajstić information content (AvgIpc) is 3.36. The number of methoxy groups -OCH3 is 2. The summed E-state index contributed by atoms with van der Waals surface area (Å²) in [6, 6.07) is 7.42. The Bertz CT molecular complexity index is 1300. The third kappa shape index (κ3) is 6.56. The number of nitrogens with one attached hydrogen (secondary N) is 3. The lowest BCUT2D eigenvalue weighted by Crippen LogP contribution is -2.45. The zero-order valence-corrected chi connectivity index (χ0v) is 23.5. The van der Waals surface area contributed by atoms with Crippen molar-refractivity contribution >= 4 is 36.5 Å². The van der Waals surface area contributed by atoms with E-state index < -0.39 is 18.3 Å². The molecule has 3 atom stereocenters. The van der Waals surface area contributed by atoms with Gasteiger partial charge in [0.05, 0.1) is 26.0 Å². The smallest absolute Gasteiger partial charge is 0.410 e. The van der Waals surface area contributed by atoms with Crippen molar-refractivity contribution in [1.82, 2.24) is 25.4 Å². The molecule has 0 spiro atoms. The van der Waals surface area contributed by atoms with Crippen LogP contribution >= 0.6 is 24.8 Å². The van der Waals surface area contributed by atoms with Crippen LogP contribution in [-0.4, -0.2) is 60.2 Å². The van der Waals surface area contributed by atoms with Gasteiger partial charge in [-0.3, -0.25) is 9.78 Å². The predicted molar refractivity (Wildman–Crippen MR) is 149 cm³/mol. The number of rotatable bonds is 6. The van der Waals surface area contributed by atoms with Gasteiger partial charge in [-0.25, -0.2) is 4.68 Å². The van der Waals surface area contributed by atoms with Gasteiger partial charge in [0, 0.05) is 36.8 Å². The number of anilines is 1. The van der Waals surface area contributed by atoms with E-state index in [1.807, 2.05) is 0 Å². The minimum Gasteiger partial charge on any atom is -0.493 e. The minimum atomic E-state index is -4.51. The van der Waals surface area contributed by atoms with E-state index in [9.17, 15) is 18.0 Å². The Labute approximate surface area is 242 Å². The fourth-order valence-electron chi connectivity index (χ4n) is 4.92. The molecule has 1 aromatic carbocycles. The number of nitrogens with zero attached hydrogens (tertiary/aromatic N) is 3. The summed E-state index contributed by atoms with van der Waals surface area (Å²) in [6.07, 6.45) is -1.42. The lowest BCUT2D eigenvalue weighted by Gasteiger charge is -2.33. The zero-order chi connectivity index (χ0) is 26.9. The van der Waals surface area contributed by atoms with Crippen molar-refractivity contribution < 1.29 is 27.4 Å². The van der Waals surface area contributed by atoms with Crippen molar-refractivity contribution in [2.45, 2.75) is 43.6 Å². The maximum atomic E-state index is 14.1. The molecule has 0 radical (unpaired) electrons. The molecule has 4 heterocycles. The standard InChI is InChI=1S/C26H29F3N6O3.2ClH/c1-37-21-8-6-15(10-22(21)38-2)19-11-23(26(27,28)29)35-24(33-19)12-20(34-35)16-5-7-18(31-13-16)25(36)32-17-4-3-9-30-14-17;;/h5-8,10,12-13,17,19,23,30,33H,3-4,9,11,14H2,1-2H3,(H,32,36);2*1H/t17-,19?,23?;;/m1../s1. The molecule has 2 aliphatic heterocycles. The quantitative estimate of drug-likeness (QED) is 0.367. The molecule has 5 rings (SSSR count). The Morgan fingerprint density at radius 3 is 2.50 bits per heavy atom. The number of pyridine rings is 1. The van der Waals surface area contributed by atoms with Gasteiger partial charge in [-0.1, -0.05) is 6.07 Å². The molecule has 0 aliphatic carbocycles. The molecule has 14 heteroatoms. The van der Waals surface area contributed by atoms with E-state index in [-0.39, 0.29) is 54.7 Å². The number of carbonyl (C=O) groups is 1. The molecule has 2 aromatic heterocycles. The molecular weight excluding hydrogens is 572 g/mol. The highest BCUT2D eigenvalue weighted by Gasteiger charge is 2.46. The van der Waals surface area contributed by atoms with Crippen LogP contribution in [-0.2, 0) is 0 Å². The van der Waals surface area contributed by atoms with Crippen molar-refractivity contribution in [2.75, 3.05) is 32.6 Å². The van der Waals surface area contributed by atoms with Crippen molar-refractivity contribution in [3.05, 3.63) is 53.9 Å². The van der Waals surface area contributed by atoms with E-state index in [1.54, 1.807) is 36.4 Å². The van der Waals surface area contributed by atoms with Gasteiger partial charge in [0.25, 0.3) is 5.91 Å². The van der Waals surface area contributed by atoms with Gasteiger partial charge in [0.15, 0.2) is 17.5 Å². The lowest BCUT2D eigenvalue weighted by atomic mass is 9.96. The summed E-state index contributed by atoms with van der Waals surface area (Å²) in [5.74, 6) is 0.878. The first-order valence-corrected chi connectivity index (χ1v) is 12.4. The van der Waals surface area contributed by atoms with Crippen LogP contribution in [0.5, 0.6) is 11.5 Å². The Morgan fingerprint density at radius 2 is 1.88 bits per heavy atom. The molecule has 2 aliphatic rings. The van der Waals surface area contributed by atoms with Crippen LogP contribution in [0, 0.1) is 0 Å². The largest absolute Gasteiger partial charge is 0.493 e. The van der Waals surface area contributed by atoms with E-state index in [0.29, 0.717) is 34.9 Å². The molecule has 218 valence electrons. The molecule has 1 saturated heterocycles. The van der Waals surface area contributed by atoms with E-state index in [4.69, 9.17) is 9.47 Å². The van der Waals surface area contributed by atoms with Crippen molar-refractivity contribution in [3.8, 4) is 22.8 Å². The van der Waals surface area contributed by atoms with Crippen LogP contribution in [0.2, 0.25) is 0 Å². The molecule has 2 unspecified atom stereocenters. The second-order valence-electron chi connectivity index (χ2n) is 9.41. The van der Waals surface area contributed by atoms with Crippen molar-refractivity contribution in [1.29, 1.82) is 0 Å². The Hall–Kier alpha value is -3.22. The number of amides is 1. The van der Waals surface area contributed by atoms with Gasteiger partial charge in [-0.2, -0.15) is 18.3 Å². The number of carbonyl (C=O) groups excluding carboxylic acids is 1. The Morgan fingerprint density at radius 1 is 1.10 bits per heavy atom. The normalized spacial score (nSPS) is 20.2.